The molecule has 38 heavy (non-hydrogen) atoms. The zero-order chi connectivity index (χ0) is 27.9. The summed E-state index contributed by atoms with van der Waals surface area (Å²) in [5.41, 5.74) is 0.0807. The van der Waals surface area contributed by atoms with Crippen LogP contribution in [0.2, 0.25) is 0 Å². The third-order valence-electron chi connectivity index (χ3n) is 5.88. The summed E-state index contributed by atoms with van der Waals surface area (Å²) >= 11 is 0. The maximum atomic E-state index is 13.3. The number of nitrogens with zero attached hydrogens (tertiary/aromatic N) is 3. The molecule has 1 aromatic carbocycles. The molecule has 2 heterocycles. The van der Waals surface area contributed by atoms with Gasteiger partial charge in [-0.15, -0.1) is 10.2 Å². The molecule has 12 nitrogen and oxygen atoms in total. The van der Waals surface area contributed by atoms with Crippen LogP contribution in [-0.2, 0) is 30.5 Å². The maximum Gasteiger partial charge on any atom is 0.318 e. The first-order chi connectivity index (χ1) is 17.9. The van der Waals surface area contributed by atoms with Gasteiger partial charge in [-0.2, -0.15) is 0 Å². The van der Waals surface area contributed by atoms with Gasteiger partial charge < -0.3 is 24.7 Å². The summed E-state index contributed by atoms with van der Waals surface area (Å²) in [7, 11) is -3.83. The third kappa shape index (κ3) is 8.09. The Morgan fingerprint density at radius 1 is 1.03 bits per heavy atom. The van der Waals surface area contributed by atoms with Crippen molar-refractivity contribution in [3.05, 3.63) is 47.7 Å². The quantitative estimate of drug-likeness (QED) is 0.418. The highest BCUT2D eigenvalue weighted by molar-refractivity contribution is 7.90. The molecular formula is C25H35N5O7S. The number of urea groups is 1. The highest BCUT2D eigenvalue weighted by Crippen LogP contribution is 2.21. The fraction of sp³-hybridized carbons (Fsp3) is 0.560. The number of nitrogens with one attached hydrogen (secondary N) is 2. The van der Waals surface area contributed by atoms with E-state index in [1.54, 1.807) is 37.3 Å². The van der Waals surface area contributed by atoms with Crippen LogP contribution >= 0.6 is 0 Å². The Labute approximate surface area is 222 Å². The maximum absolute atomic E-state index is 13.3. The molecule has 3 rings (SSSR count). The Kier molecular flexibility index (Phi) is 9.60. The van der Waals surface area contributed by atoms with Gasteiger partial charge in [0.05, 0.1) is 30.8 Å². The number of sulfone groups is 1. The Balaban J connectivity index is 1.78. The van der Waals surface area contributed by atoms with Crippen molar-refractivity contribution in [3.8, 4) is 0 Å². The molecule has 1 fully saturated rings. The molecule has 0 unspecified atom stereocenters. The van der Waals surface area contributed by atoms with Crippen LogP contribution in [0.3, 0.4) is 0 Å². The number of amides is 3. The van der Waals surface area contributed by atoms with E-state index in [-0.39, 0.29) is 24.0 Å². The van der Waals surface area contributed by atoms with Crippen molar-refractivity contribution >= 4 is 27.6 Å². The summed E-state index contributed by atoms with van der Waals surface area (Å²) in [6, 6.07) is 5.45. The van der Waals surface area contributed by atoms with Crippen LogP contribution in [0.25, 0.3) is 0 Å². The Morgan fingerprint density at radius 2 is 1.68 bits per heavy atom. The Morgan fingerprint density at radius 3 is 2.26 bits per heavy atom. The highest BCUT2D eigenvalue weighted by atomic mass is 32.2. The molecule has 0 saturated carbocycles. The average Bonchev–Trinajstić information content (AvgIpc) is 3.38. The lowest BCUT2D eigenvalue weighted by atomic mass is 9.97. The summed E-state index contributed by atoms with van der Waals surface area (Å²) in [4.78, 5) is 40.6. The van der Waals surface area contributed by atoms with E-state index in [9.17, 15) is 22.8 Å². The smallest absolute Gasteiger partial charge is 0.318 e. The highest BCUT2D eigenvalue weighted by Gasteiger charge is 2.34. The van der Waals surface area contributed by atoms with Crippen LogP contribution in [0.1, 0.15) is 56.3 Å². The number of rotatable bonds is 10. The van der Waals surface area contributed by atoms with Gasteiger partial charge in [-0.05, 0) is 12.0 Å². The molecule has 0 aliphatic carbocycles. The van der Waals surface area contributed by atoms with Crippen LogP contribution in [0, 0.1) is 0 Å². The number of Topliss-reactive ketones (excluding diaryl/α,β-unsaturated/α-hetero) is 1. The zero-order valence-corrected chi connectivity index (χ0v) is 22.9. The van der Waals surface area contributed by atoms with Gasteiger partial charge >= 0.3 is 6.03 Å². The second-order valence-electron chi connectivity index (χ2n) is 10.1. The summed E-state index contributed by atoms with van der Waals surface area (Å²) in [6.07, 6.45) is 0.179. The van der Waals surface area contributed by atoms with Crippen LogP contribution in [-0.4, -0.2) is 85.4 Å². The second kappa shape index (κ2) is 12.5. The zero-order valence-electron chi connectivity index (χ0n) is 22.1. The lowest BCUT2D eigenvalue weighted by Gasteiger charge is -2.29. The van der Waals surface area contributed by atoms with Crippen molar-refractivity contribution in [2.24, 2.45) is 0 Å². The van der Waals surface area contributed by atoms with Crippen LogP contribution in [0.4, 0.5) is 4.79 Å². The van der Waals surface area contributed by atoms with Gasteiger partial charge in [0.1, 0.15) is 6.04 Å². The molecule has 2 aromatic rings. The fourth-order valence-corrected chi connectivity index (χ4v) is 5.29. The number of ketones is 1. The van der Waals surface area contributed by atoms with Crippen LogP contribution in [0.5, 0.6) is 0 Å². The number of carbonyl (C=O) groups excluding carboxylic acids is 3. The third-order valence-corrected chi connectivity index (χ3v) is 7.50. The first-order valence-electron chi connectivity index (χ1n) is 12.5. The second-order valence-corrected chi connectivity index (χ2v) is 12.2. The largest absolute Gasteiger partial charge is 0.418 e. The van der Waals surface area contributed by atoms with Gasteiger partial charge in [0, 0.05) is 18.5 Å². The van der Waals surface area contributed by atoms with Gasteiger partial charge in [-0.1, -0.05) is 58.0 Å². The topological polar surface area (TPSA) is 161 Å². The first-order valence-corrected chi connectivity index (χ1v) is 14.3. The van der Waals surface area contributed by atoms with Crippen LogP contribution in [0.15, 0.2) is 34.7 Å². The number of carbonyl (C=O) groups is 3. The number of hydrogen-bond donors (Lipinski definition) is 2. The van der Waals surface area contributed by atoms with Gasteiger partial charge in [0.2, 0.25) is 17.6 Å². The van der Waals surface area contributed by atoms with E-state index in [0.717, 1.165) is 0 Å². The van der Waals surface area contributed by atoms with Gasteiger partial charge in [0.25, 0.3) is 5.89 Å². The van der Waals surface area contributed by atoms with E-state index >= 15 is 0 Å². The van der Waals surface area contributed by atoms with Crippen molar-refractivity contribution in [3.63, 3.8) is 0 Å². The molecule has 1 aliphatic heterocycles. The van der Waals surface area contributed by atoms with Crippen molar-refractivity contribution < 1.29 is 32.0 Å². The molecule has 0 spiro atoms. The number of hydrogen-bond acceptors (Lipinski definition) is 9. The summed E-state index contributed by atoms with van der Waals surface area (Å²) in [5, 5.41) is 12.8. The predicted molar refractivity (Wildman–Crippen MR) is 138 cm³/mol. The number of ether oxygens (including phenoxy) is 1. The SMILES string of the molecule is CC[C@H](NC(=O)[C@H](CS(=O)(=O)Cc1ccccc1)NC(=O)N1CCOCC1)C(=O)c1nnc(C(C)(C)C)o1. The number of aromatic nitrogens is 2. The van der Waals surface area contributed by atoms with Gasteiger partial charge in [-0.3, -0.25) is 9.59 Å². The van der Waals surface area contributed by atoms with Crippen molar-refractivity contribution in [1.29, 1.82) is 0 Å². The predicted octanol–water partition coefficient (Wildman–Crippen LogP) is 1.47. The van der Waals surface area contributed by atoms with E-state index in [1.807, 2.05) is 20.8 Å². The molecule has 0 radical (unpaired) electrons. The normalized spacial score (nSPS) is 15.9. The van der Waals surface area contributed by atoms with Gasteiger partial charge in [-0.25, -0.2) is 13.2 Å². The Bertz CT molecular complexity index is 1220. The van der Waals surface area contributed by atoms with E-state index < -0.39 is 50.8 Å². The minimum Gasteiger partial charge on any atom is -0.418 e. The van der Waals surface area contributed by atoms with Crippen molar-refractivity contribution in [2.75, 3.05) is 32.1 Å². The molecule has 2 atom stereocenters. The number of morpholine rings is 1. The molecule has 1 saturated heterocycles. The monoisotopic (exact) mass is 549 g/mol. The molecule has 0 bridgehead atoms. The molecule has 1 aromatic heterocycles. The molecule has 13 heteroatoms. The molecule has 1 aliphatic rings. The molecular weight excluding hydrogens is 514 g/mol. The van der Waals surface area contributed by atoms with Crippen molar-refractivity contribution in [2.45, 2.75) is 57.4 Å². The first kappa shape index (κ1) is 29.2. The summed E-state index contributed by atoms with van der Waals surface area (Å²) in [6.45, 7) is 8.52. The minimum atomic E-state index is -3.83. The van der Waals surface area contributed by atoms with Crippen molar-refractivity contribution in [1.82, 2.24) is 25.7 Å². The summed E-state index contributed by atoms with van der Waals surface area (Å²) < 4.78 is 36.8. The van der Waals surface area contributed by atoms with E-state index in [2.05, 4.69) is 20.8 Å². The minimum absolute atomic E-state index is 0.179. The van der Waals surface area contributed by atoms with Gasteiger partial charge in [0.15, 0.2) is 9.84 Å². The number of benzene rings is 1. The van der Waals surface area contributed by atoms with E-state index in [4.69, 9.17) is 9.15 Å². The van der Waals surface area contributed by atoms with Crippen LogP contribution < -0.4 is 10.6 Å². The van der Waals surface area contributed by atoms with E-state index in [1.165, 1.54) is 4.90 Å². The lowest BCUT2D eigenvalue weighted by Crippen LogP contribution is -2.57. The lowest BCUT2D eigenvalue weighted by molar-refractivity contribution is -0.123. The fourth-order valence-electron chi connectivity index (χ4n) is 3.73. The standard InChI is InChI=1S/C25H35N5O7S/c1-5-18(20(31)22-28-29-23(37-22)25(2,3)4)26-21(32)19(27-24(33)30-11-13-36-14-12-30)16-38(34,35)15-17-9-7-6-8-10-17/h6-10,18-19H,5,11-16H2,1-4H3,(H,26,32)(H,27,33)/t18-,19-/m0/s1. The molecule has 208 valence electrons. The average molecular weight is 550 g/mol. The molecule has 2 N–H and O–H groups in total. The molecule has 3 amide bonds. The Hall–Kier alpha value is -3.32. The summed E-state index contributed by atoms with van der Waals surface area (Å²) in [5.74, 6) is -2.35. The van der Waals surface area contributed by atoms with E-state index in [0.29, 0.717) is 31.9 Å².